The van der Waals surface area contributed by atoms with E-state index in [1.807, 2.05) is 6.07 Å². The minimum Gasteiger partial charge on any atom is -0.379 e. The van der Waals surface area contributed by atoms with Gasteiger partial charge in [0.25, 0.3) is 0 Å². The summed E-state index contributed by atoms with van der Waals surface area (Å²) in [6.07, 6.45) is 2.34. The van der Waals surface area contributed by atoms with Crippen molar-refractivity contribution in [3.63, 3.8) is 0 Å². The second-order valence-corrected chi connectivity index (χ2v) is 6.35. The molecule has 1 unspecified atom stereocenters. The zero-order chi connectivity index (χ0) is 12.4. The van der Waals surface area contributed by atoms with Crippen LogP contribution in [0.3, 0.4) is 0 Å². The number of benzene rings is 1. The van der Waals surface area contributed by atoms with E-state index >= 15 is 0 Å². The molecule has 1 N–H and O–H groups in total. The van der Waals surface area contributed by atoms with Gasteiger partial charge in [-0.25, -0.2) is 4.39 Å². The minimum absolute atomic E-state index is 0.0741. The number of hydrogen-bond donors (Lipinski definition) is 1. The summed E-state index contributed by atoms with van der Waals surface area (Å²) in [4.78, 5) is 0.760. The van der Waals surface area contributed by atoms with Crippen LogP contribution in [-0.2, 0) is 4.74 Å². The number of piperidine rings is 1. The highest BCUT2D eigenvalue weighted by Crippen LogP contribution is 2.32. The van der Waals surface area contributed by atoms with Gasteiger partial charge in [0.2, 0.25) is 0 Å². The quantitative estimate of drug-likeness (QED) is 0.910. The molecule has 0 bridgehead atoms. The summed E-state index contributed by atoms with van der Waals surface area (Å²) in [5, 5.41) is 3.81. The van der Waals surface area contributed by atoms with Crippen LogP contribution >= 0.6 is 11.8 Å². The van der Waals surface area contributed by atoms with Gasteiger partial charge in [0, 0.05) is 11.4 Å². The Balaban J connectivity index is 1.70. The molecule has 2 saturated heterocycles. The van der Waals surface area contributed by atoms with Gasteiger partial charge in [0.1, 0.15) is 5.82 Å². The van der Waals surface area contributed by atoms with E-state index in [0.717, 1.165) is 43.2 Å². The molecule has 0 saturated carbocycles. The van der Waals surface area contributed by atoms with E-state index in [9.17, 15) is 4.39 Å². The van der Waals surface area contributed by atoms with Crippen LogP contribution in [0, 0.1) is 5.82 Å². The summed E-state index contributed by atoms with van der Waals surface area (Å²) in [7, 11) is 0. The molecule has 4 heteroatoms. The van der Waals surface area contributed by atoms with E-state index in [4.69, 9.17) is 4.74 Å². The SMILES string of the molecule is Fc1cc(C2CCCNC2)ccc1SC1COC1. The molecule has 2 aliphatic rings. The van der Waals surface area contributed by atoms with Gasteiger partial charge in [0.15, 0.2) is 0 Å². The van der Waals surface area contributed by atoms with E-state index in [2.05, 4.69) is 11.4 Å². The number of nitrogens with one attached hydrogen (secondary N) is 1. The fraction of sp³-hybridized carbons (Fsp3) is 0.571. The Bertz CT molecular complexity index is 416. The van der Waals surface area contributed by atoms with E-state index in [-0.39, 0.29) is 5.82 Å². The summed E-state index contributed by atoms with van der Waals surface area (Å²) in [6.45, 7) is 3.56. The van der Waals surface area contributed by atoms with Crippen molar-refractivity contribution in [3.8, 4) is 0 Å². The van der Waals surface area contributed by atoms with Crippen LogP contribution in [0.25, 0.3) is 0 Å². The van der Waals surface area contributed by atoms with Crippen molar-refractivity contribution in [3.05, 3.63) is 29.6 Å². The summed E-state index contributed by atoms with van der Waals surface area (Å²) < 4.78 is 19.2. The fourth-order valence-corrected chi connectivity index (χ4v) is 3.47. The Morgan fingerprint density at radius 3 is 2.83 bits per heavy atom. The van der Waals surface area contributed by atoms with Crippen molar-refractivity contribution in [1.82, 2.24) is 5.32 Å². The Morgan fingerprint density at radius 1 is 1.33 bits per heavy atom. The third-order valence-electron chi connectivity index (χ3n) is 3.63. The van der Waals surface area contributed by atoms with Gasteiger partial charge in [0.05, 0.1) is 18.5 Å². The lowest BCUT2D eigenvalue weighted by atomic mass is 9.92. The number of ether oxygens (including phenoxy) is 1. The Hall–Kier alpha value is -0.580. The average molecular weight is 267 g/mol. The van der Waals surface area contributed by atoms with Crippen LogP contribution in [0.1, 0.15) is 24.3 Å². The van der Waals surface area contributed by atoms with Gasteiger partial charge in [-0.3, -0.25) is 0 Å². The highest BCUT2D eigenvalue weighted by atomic mass is 32.2. The van der Waals surface area contributed by atoms with Crippen molar-refractivity contribution >= 4 is 11.8 Å². The minimum atomic E-state index is -0.0741. The molecule has 18 heavy (non-hydrogen) atoms. The predicted octanol–water partition coefficient (Wildman–Crippen LogP) is 2.78. The third kappa shape index (κ3) is 2.71. The average Bonchev–Trinajstić information content (AvgIpc) is 2.36. The van der Waals surface area contributed by atoms with Crippen molar-refractivity contribution in [2.75, 3.05) is 26.3 Å². The molecule has 1 aromatic carbocycles. The number of hydrogen-bond acceptors (Lipinski definition) is 3. The van der Waals surface area contributed by atoms with Gasteiger partial charge in [-0.15, -0.1) is 11.8 Å². The van der Waals surface area contributed by atoms with Gasteiger partial charge in [-0.2, -0.15) is 0 Å². The lowest BCUT2D eigenvalue weighted by Crippen LogP contribution is -2.30. The highest BCUT2D eigenvalue weighted by Gasteiger charge is 2.22. The van der Waals surface area contributed by atoms with Crippen LogP contribution in [0.4, 0.5) is 4.39 Å². The molecule has 2 heterocycles. The number of halogens is 1. The second kappa shape index (κ2) is 5.59. The van der Waals surface area contributed by atoms with Crippen LogP contribution in [0.5, 0.6) is 0 Å². The normalized spacial score (nSPS) is 24.8. The number of thioether (sulfide) groups is 1. The topological polar surface area (TPSA) is 21.3 Å². The highest BCUT2D eigenvalue weighted by molar-refractivity contribution is 8.00. The molecule has 0 radical (unpaired) electrons. The van der Waals surface area contributed by atoms with Crippen LogP contribution in [0.2, 0.25) is 0 Å². The summed E-state index contributed by atoms with van der Waals surface area (Å²) >= 11 is 1.60. The van der Waals surface area contributed by atoms with Crippen LogP contribution in [0.15, 0.2) is 23.1 Å². The second-order valence-electron chi connectivity index (χ2n) is 5.01. The first-order valence-corrected chi connectivity index (χ1v) is 7.45. The molecular weight excluding hydrogens is 249 g/mol. The van der Waals surface area contributed by atoms with Crippen molar-refractivity contribution in [1.29, 1.82) is 0 Å². The zero-order valence-corrected chi connectivity index (χ0v) is 11.1. The zero-order valence-electron chi connectivity index (χ0n) is 10.3. The first-order chi connectivity index (χ1) is 8.83. The Morgan fingerprint density at radius 2 is 2.22 bits per heavy atom. The summed E-state index contributed by atoms with van der Waals surface area (Å²) in [5.74, 6) is 0.398. The molecule has 2 nitrogen and oxygen atoms in total. The molecule has 1 aromatic rings. The van der Waals surface area contributed by atoms with Crippen LogP contribution < -0.4 is 5.32 Å². The van der Waals surface area contributed by atoms with Gasteiger partial charge in [-0.05, 0) is 43.0 Å². The molecule has 98 valence electrons. The van der Waals surface area contributed by atoms with Gasteiger partial charge >= 0.3 is 0 Å². The first-order valence-electron chi connectivity index (χ1n) is 6.57. The maximum absolute atomic E-state index is 14.0. The smallest absolute Gasteiger partial charge is 0.137 e. The van der Waals surface area contributed by atoms with Gasteiger partial charge in [-0.1, -0.05) is 6.07 Å². The largest absolute Gasteiger partial charge is 0.379 e. The molecular formula is C14H18FNOS. The predicted molar refractivity (Wildman–Crippen MR) is 71.7 cm³/mol. The molecule has 2 aliphatic heterocycles. The maximum Gasteiger partial charge on any atom is 0.137 e. The molecule has 1 atom stereocenters. The summed E-state index contributed by atoms with van der Waals surface area (Å²) in [5.41, 5.74) is 1.13. The van der Waals surface area contributed by atoms with Gasteiger partial charge < -0.3 is 10.1 Å². The monoisotopic (exact) mass is 267 g/mol. The molecule has 3 rings (SSSR count). The van der Waals surface area contributed by atoms with Crippen molar-refractivity contribution < 1.29 is 9.13 Å². The molecule has 0 amide bonds. The van der Waals surface area contributed by atoms with E-state index in [1.165, 1.54) is 6.42 Å². The van der Waals surface area contributed by atoms with Crippen molar-refractivity contribution in [2.45, 2.75) is 28.9 Å². The molecule has 0 aliphatic carbocycles. The van der Waals surface area contributed by atoms with E-state index < -0.39 is 0 Å². The summed E-state index contributed by atoms with van der Waals surface area (Å²) in [6, 6.07) is 5.74. The van der Waals surface area contributed by atoms with E-state index in [0.29, 0.717) is 11.2 Å². The van der Waals surface area contributed by atoms with Crippen molar-refractivity contribution in [2.24, 2.45) is 0 Å². The van der Waals surface area contributed by atoms with Crippen LogP contribution in [-0.4, -0.2) is 31.6 Å². The molecule has 0 aromatic heterocycles. The lowest BCUT2D eigenvalue weighted by Gasteiger charge is -2.26. The Kier molecular flexibility index (Phi) is 3.87. The lowest BCUT2D eigenvalue weighted by molar-refractivity contribution is 0.0455. The standard InChI is InChI=1S/C14H18FNOS/c15-13-6-10(11-2-1-5-16-7-11)3-4-14(13)18-12-8-17-9-12/h3-4,6,11-12,16H,1-2,5,7-9H2. The Labute approximate surface area is 111 Å². The fourth-order valence-electron chi connectivity index (χ4n) is 2.46. The number of rotatable bonds is 3. The first kappa shape index (κ1) is 12.5. The molecule has 0 spiro atoms. The third-order valence-corrected chi connectivity index (χ3v) is 4.82. The molecule has 2 fully saturated rings. The maximum atomic E-state index is 14.0. The van der Waals surface area contributed by atoms with E-state index in [1.54, 1.807) is 17.8 Å².